The first kappa shape index (κ1) is 12.8. The lowest BCUT2D eigenvalue weighted by Gasteiger charge is -2.07. The van der Waals surface area contributed by atoms with E-state index in [0.717, 1.165) is 26.9 Å². The minimum absolute atomic E-state index is 0.652. The van der Waals surface area contributed by atoms with Crippen molar-refractivity contribution < 1.29 is 4.74 Å². The number of fused-ring (bicyclic) bond motifs is 1. The summed E-state index contributed by atoms with van der Waals surface area (Å²) in [4.78, 5) is 7.65. The normalized spacial score (nSPS) is 10.7. The number of H-pyrrole nitrogens is 1. The van der Waals surface area contributed by atoms with Gasteiger partial charge in [0.05, 0.1) is 23.8 Å². The molecular weight excluding hydrogens is 320 g/mol. The summed E-state index contributed by atoms with van der Waals surface area (Å²) in [5.74, 6) is 1.43. The van der Waals surface area contributed by atoms with Crippen LogP contribution in [0.5, 0.6) is 5.75 Å². The fourth-order valence-electron chi connectivity index (χ4n) is 1.94. The average Bonchev–Trinajstić information content (AvgIpc) is 2.82. The maximum atomic E-state index is 5.76. The number of nitrogen functional groups attached to an aromatic ring is 1. The smallest absolute Gasteiger partial charge is 0.205 e. The van der Waals surface area contributed by atoms with Gasteiger partial charge in [0, 0.05) is 16.2 Å². The first-order valence-corrected chi connectivity index (χ1v) is 6.81. The Morgan fingerprint density at radius 2 is 2.10 bits per heavy atom. The molecule has 0 aliphatic carbocycles. The molecule has 6 heteroatoms. The highest BCUT2D eigenvalue weighted by Crippen LogP contribution is 2.29. The number of nitrogens with one attached hydrogen (secondary N) is 2. The molecule has 3 rings (SSSR count). The summed E-state index contributed by atoms with van der Waals surface area (Å²) in [6, 6.07) is 11.3. The number of nitrogens with two attached hydrogens (primary N) is 1. The number of imidazole rings is 1. The average molecular weight is 333 g/mol. The molecule has 0 bridgehead atoms. The highest BCUT2D eigenvalue weighted by Gasteiger charge is 2.06. The highest BCUT2D eigenvalue weighted by atomic mass is 79.9. The Morgan fingerprint density at radius 1 is 1.25 bits per heavy atom. The quantitative estimate of drug-likeness (QED) is 0.640. The molecule has 0 radical (unpaired) electrons. The van der Waals surface area contributed by atoms with Crippen LogP contribution < -0.4 is 15.8 Å². The Labute approximate surface area is 124 Å². The molecule has 0 spiro atoms. The van der Waals surface area contributed by atoms with E-state index >= 15 is 0 Å². The molecule has 0 amide bonds. The number of anilines is 3. The zero-order chi connectivity index (χ0) is 14.1. The van der Waals surface area contributed by atoms with Crippen LogP contribution in [0.25, 0.3) is 11.0 Å². The summed E-state index contributed by atoms with van der Waals surface area (Å²) in [5, 5.41) is 3.22. The number of hydrogen-bond donors (Lipinski definition) is 3. The summed E-state index contributed by atoms with van der Waals surface area (Å²) < 4.78 is 6.14. The van der Waals surface area contributed by atoms with Gasteiger partial charge in [-0.3, -0.25) is 0 Å². The maximum absolute atomic E-state index is 5.76. The molecule has 0 saturated carbocycles. The Bertz CT molecular complexity index is 769. The summed E-state index contributed by atoms with van der Waals surface area (Å²) >= 11 is 3.49. The molecule has 5 nitrogen and oxygen atoms in total. The van der Waals surface area contributed by atoms with Crippen molar-refractivity contribution in [2.24, 2.45) is 0 Å². The van der Waals surface area contributed by atoms with Gasteiger partial charge in [0.1, 0.15) is 5.75 Å². The highest BCUT2D eigenvalue weighted by molar-refractivity contribution is 9.10. The molecule has 0 fully saturated rings. The van der Waals surface area contributed by atoms with Gasteiger partial charge in [0.25, 0.3) is 0 Å². The van der Waals surface area contributed by atoms with Crippen molar-refractivity contribution in [3.05, 3.63) is 40.9 Å². The topological polar surface area (TPSA) is 76.0 Å². The van der Waals surface area contributed by atoms with Gasteiger partial charge in [-0.05, 0) is 46.3 Å². The molecule has 0 unspecified atom stereocenters. The summed E-state index contributed by atoms with van der Waals surface area (Å²) in [6.45, 7) is 0. The van der Waals surface area contributed by atoms with Crippen LogP contribution in [0.15, 0.2) is 40.9 Å². The van der Waals surface area contributed by atoms with Crippen molar-refractivity contribution in [2.45, 2.75) is 0 Å². The van der Waals surface area contributed by atoms with E-state index in [-0.39, 0.29) is 0 Å². The van der Waals surface area contributed by atoms with Gasteiger partial charge in [0.2, 0.25) is 5.95 Å². The summed E-state index contributed by atoms with van der Waals surface area (Å²) in [6.07, 6.45) is 0. The predicted molar refractivity (Wildman–Crippen MR) is 84.5 cm³/mol. The van der Waals surface area contributed by atoms with E-state index in [1.165, 1.54) is 0 Å². The fraction of sp³-hybridized carbons (Fsp3) is 0.0714. The zero-order valence-corrected chi connectivity index (χ0v) is 12.4. The van der Waals surface area contributed by atoms with Crippen molar-refractivity contribution in [1.82, 2.24) is 9.97 Å². The summed E-state index contributed by atoms with van der Waals surface area (Å²) in [7, 11) is 1.64. The molecule has 2 aromatic carbocycles. The lowest BCUT2D eigenvalue weighted by Crippen LogP contribution is -1.94. The van der Waals surface area contributed by atoms with E-state index < -0.39 is 0 Å². The van der Waals surface area contributed by atoms with Crippen LogP contribution in [0.1, 0.15) is 0 Å². The lowest BCUT2D eigenvalue weighted by molar-refractivity contribution is 0.415. The number of methoxy groups -OCH3 is 1. The van der Waals surface area contributed by atoms with Crippen molar-refractivity contribution in [3.63, 3.8) is 0 Å². The van der Waals surface area contributed by atoms with Crippen LogP contribution in [0.3, 0.4) is 0 Å². The second-order valence-corrected chi connectivity index (χ2v) is 5.19. The zero-order valence-electron chi connectivity index (χ0n) is 10.8. The molecule has 102 valence electrons. The third kappa shape index (κ3) is 2.42. The second kappa shape index (κ2) is 5.05. The van der Waals surface area contributed by atoms with Gasteiger partial charge >= 0.3 is 0 Å². The number of halogens is 1. The van der Waals surface area contributed by atoms with Crippen LogP contribution in [-0.2, 0) is 0 Å². The van der Waals surface area contributed by atoms with E-state index in [9.17, 15) is 0 Å². The molecule has 0 aliphatic rings. The number of benzene rings is 2. The molecule has 3 aromatic rings. The SMILES string of the molecule is COc1ccc(Br)c(Nc2nc3ccc(N)cc3[nH]2)c1. The molecule has 0 aliphatic heterocycles. The molecule has 0 saturated heterocycles. The number of aromatic nitrogens is 2. The van der Waals surface area contributed by atoms with E-state index in [4.69, 9.17) is 10.5 Å². The van der Waals surface area contributed by atoms with Gasteiger partial charge in [-0.15, -0.1) is 0 Å². The van der Waals surface area contributed by atoms with Crippen molar-refractivity contribution in [3.8, 4) is 5.75 Å². The molecule has 1 aromatic heterocycles. The van der Waals surface area contributed by atoms with Gasteiger partial charge in [-0.1, -0.05) is 0 Å². The van der Waals surface area contributed by atoms with Gasteiger partial charge < -0.3 is 20.8 Å². The second-order valence-electron chi connectivity index (χ2n) is 4.33. The monoisotopic (exact) mass is 332 g/mol. The molecule has 4 N–H and O–H groups in total. The van der Waals surface area contributed by atoms with Crippen LogP contribution in [0, 0.1) is 0 Å². The molecular formula is C14H13BrN4O. The van der Waals surface area contributed by atoms with Crippen molar-refractivity contribution in [1.29, 1.82) is 0 Å². The largest absolute Gasteiger partial charge is 0.497 e. The van der Waals surface area contributed by atoms with Crippen LogP contribution in [-0.4, -0.2) is 17.1 Å². The first-order chi connectivity index (χ1) is 9.65. The maximum Gasteiger partial charge on any atom is 0.205 e. The Morgan fingerprint density at radius 3 is 2.90 bits per heavy atom. The molecule has 1 heterocycles. The predicted octanol–water partition coefficient (Wildman–Crippen LogP) is 3.66. The van der Waals surface area contributed by atoms with E-state index in [1.807, 2.05) is 36.4 Å². The van der Waals surface area contributed by atoms with Crippen molar-refractivity contribution in [2.75, 3.05) is 18.2 Å². The number of hydrogen-bond acceptors (Lipinski definition) is 4. The number of rotatable bonds is 3. The molecule has 20 heavy (non-hydrogen) atoms. The minimum Gasteiger partial charge on any atom is -0.497 e. The van der Waals surface area contributed by atoms with Crippen LogP contribution >= 0.6 is 15.9 Å². The van der Waals surface area contributed by atoms with E-state index in [0.29, 0.717) is 11.6 Å². The van der Waals surface area contributed by atoms with Gasteiger partial charge in [0.15, 0.2) is 0 Å². The Kier molecular flexibility index (Phi) is 3.23. The minimum atomic E-state index is 0.652. The molecule has 0 atom stereocenters. The van der Waals surface area contributed by atoms with Crippen molar-refractivity contribution >= 4 is 44.3 Å². The number of nitrogens with zero attached hydrogens (tertiary/aromatic N) is 1. The third-order valence-corrected chi connectivity index (χ3v) is 3.62. The third-order valence-electron chi connectivity index (χ3n) is 2.93. The van der Waals surface area contributed by atoms with E-state index in [1.54, 1.807) is 7.11 Å². The standard InChI is InChI=1S/C14H13BrN4O/c1-20-9-3-4-10(15)12(7-9)18-14-17-11-5-2-8(16)6-13(11)19-14/h2-7H,16H2,1H3,(H2,17,18,19). The van der Waals surface area contributed by atoms with Crippen LogP contribution in [0.2, 0.25) is 0 Å². The number of aromatic amines is 1. The lowest BCUT2D eigenvalue weighted by atomic mass is 10.3. The number of ether oxygens (including phenoxy) is 1. The summed E-state index contributed by atoms with van der Waals surface area (Å²) in [5.41, 5.74) is 9.09. The van der Waals surface area contributed by atoms with Gasteiger partial charge in [-0.2, -0.15) is 0 Å². The Hall–Kier alpha value is -2.21. The first-order valence-electron chi connectivity index (χ1n) is 6.01. The Balaban J connectivity index is 1.96. The van der Waals surface area contributed by atoms with Crippen LogP contribution in [0.4, 0.5) is 17.3 Å². The fourth-order valence-corrected chi connectivity index (χ4v) is 2.29. The van der Waals surface area contributed by atoms with E-state index in [2.05, 4.69) is 31.2 Å². The van der Waals surface area contributed by atoms with Gasteiger partial charge in [-0.25, -0.2) is 4.98 Å².